The number of rotatable bonds is 5. The Morgan fingerprint density at radius 2 is 1.39 bits per heavy atom. The van der Waals surface area contributed by atoms with Crippen molar-refractivity contribution in [2.45, 2.75) is 33.1 Å². The van der Waals surface area contributed by atoms with E-state index >= 15 is 0 Å². The van der Waals surface area contributed by atoms with Crippen molar-refractivity contribution >= 4 is 30.3 Å². The summed E-state index contributed by atoms with van der Waals surface area (Å²) in [6.45, 7) is 4.54. The first-order valence-corrected chi connectivity index (χ1v) is 14.1. The minimum absolute atomic E-state index is 1.06. The molecule has 0 fully saturated rings. The second-order valence-corrected chi connectivity index (χ2v) is 10.5. The van der Waals surface area contributed by atoms with Crippen LogP contribution >= 0.6 is 0 Å². The summed E-state index contributed by atoms with van der Waals surface area (Å²) in [6, 6.07) is 34.8. The fourth-order valence-electron chi connectivity index (χ4n) is 5.24. The van der Waals surface area contributed by atoms with E-state index < -0.39 is 0 Å². The van der Waals surface area contributed by atoms with Gasteiger partial charge in [0.25, 0.3) is 0 Å². The molecule has 0 atom stereocenters. The summed E-state index contributed by atoms with van der Waals surface area (Å²) in [5.74, 6) is 0. The van der Waals surface area contributed by atoms with Crippen LogP contribution in [0.25, 0.3) is 27.1 Å². The molecule has 0 aromatic heterocycles. The van der Waals surface area contributed by atoms with Crippen molar-refractivity contribution in [3.05, 3.63) is 143 Å². The van der Waals surface area contributed by atoms with E-state index in [9.17, 15) is 0 Å². The Hall–Kier alpha value is -3.02. The van der Waals surface area contributed by atoms with Crippen molar-refractivity contribution in [2.24, 2.45) is 0 Å². The van der Waals surface area contributed by atoms with Crippen molar-refractivity contribution in [2.75, 3.05) is 0 Å². The Labute approximate surface area is 229 Å². The van der Waals surface area contributed by atoms with Gasteiger partial charge in [-0.2, -0.15) is 0 Å². The van der Waals surface area contributed by atoms with Crippen molar-refractivity contribution < 1.29 is 24.2 Å². The molecule has 5 aromatic rings. The molecule has 0 bridgehead atoms. The van der Waals surface area contributed by atoms with Crippen LogP contribution in [0.2, 0.25) is 0 Å². The van der Waals surface area contributed by atoms with E-state index in [1.807, 2.05) is 0 Å². The van der Waals surface area contributed by atoms with E-state index in [1.165, 1.54) is 82.4 Å². The van der Waals surface area contributed by atoms with Crippen LogP contribution in [-0.4, -0.2) is 3.21 Å². The van der Waals surface area contributed by atoms with Crippen LogP contribution in [0.3, 0.4) is 0 Å². The van der Waals surface area contributed by atoms with Crippen LogP contribution in [0.15, 0.2) is 115 Å². The van der Waals surface area contributed by atoms with Crippen molar-refractivity contribution in [3.8, 4) is 0 Å². The molecule has 0 radical (unpaired) electrons. The monoisotopic (exact) mass is 541 g/mol. The molecule has 0 saturated carbocycles. The number of allylic oxidation sites excluding steroid dienone is 4. The maximum absolute atomic E-state index is 2.45. The Kier molecular flexibility index (Phi) is 7.79. The van der Waals surface area contributed by atoms with Gasteiger partial charge in [-0.3, -0.25) is 0 Å². The third-order valence-corrected chi connectivity index (χ3v) is 8.46. The second kappa shape index (κ2) is 11.4. The van der Waals surface area contributed by atoms with Gasteiger partial charge in [0.05, 0.1) is 0 Å². The zero-order valence-corrected chi connectivity index (χ0v) is 23.5. The molecule has 0 aliphatic heterocycles. The zero-order chi connectivity index (χ0) is 24.9. The Balaban J connectivity index is 0.000000165. The molecule has 0 N–H and O–H groups in total. The number of hydrogen-bond donors (Lipinski definition) is 0. The van der Waals surface area contributed by atoms with Crippen LogP contribution < -0.4 is 0 Å². The summed E-state index contributed by atoms with van der Waals surface area (Å²) in [4.78, 5) is 0. The Morgan fingerprint density at radius 3 is 1.97 bits per heavy atom. The standard InChI is InChI=1S/C22H21.C13H10.Zr/c1-3-15-13-16(4-2)22-19-12-8-7-11-18(19)14-20(22)21(15)17-9-5-6-10-17;1-3-7-12(8-4-1)11-13-9-5-2-6-10-13;/h5-9,11-14H,3-4,10H2,1-2H3;1-10H;/q-1;;. The first-order chi connectivity index (χ1) is 17.7. The van der Waals surface area contributed by atoms with E-state index in [0.717, 1.165) is 19.3 Å². The van der Waals surface area contributed by atoms with Gasteiger partial charge in [-0.15, -0.1) is 33.7 Å². The van der Waals surface area contributed by atoms with Crippen molar-refractivity contribution in [1.82, 2.24) is 0 Å². The molecule has 1 aliphatic rings. The van der Waals surface area contributed by atoms with Crippen molar-refractivity contribution in [1.29, 1.82) is 0 Å². The van der Waals surface area contributed by atoms with E-state index in [-0.39, 0.29) is 0 Å². The molecule has 1 aliphatic carbocycles. The van der Waals surface area contributed by atoms with Gasteiger partial charge in [-0.1, -0.05) is 78.6 Å². The van der Waals surface area contributed by atoms with Gasteiger partial charge in [0.1, 0.15) is 0 Å². The fourth-order valence-corrected chi connectivity index (χ4v) is 6.06. The number of fused-ring (bicyclic) bond motifs is 3. The van der Waals surface area contributed by atoms with Gasteiger partial charge in [-0.05, 0) is 19.3 Å². The fraction of sp³-hybridized carbons (Fsp3) is 0.143. The molecule has 5 aromatic carbocycles. The summed E-state index contributed by atoms with van der Waals surface area (Å²) >= 11 is 1.46. The molecule has 1 heteroatoms. The Bertz CT molecular complexity index is 1520. The third kappa shape index (κ3) is 4.95. The zero-order valence-electron chi connectivity index (χ0n) is 21.1. The molecule has 176 valence electrons. The van der Waals surface area contributed by atoms with Gasteiger partial charge >= 0.3 is 99.2 Å². The van der Waals surface area contributed by atoms with E-state index in [4.69, 9.17) is 0 Å². The van der Waals surface area contributed by atoms with Gasteiger partial charge in [0.15, 0.2) is 0 Å². The molecule has 0 unspecified atom stereocenters. The second-order valence-electron chi connectivity index (χ2n) is 9.23. The normalized spacial score (nSPS) is 12.4. The van der Waals surface area contributed by atoms with Crippen LogP contribution in [0.5, 0.6) is 0 Å². The molecule has 6 rings (SSSR count). The number of hydrogen-bond acceptors (Lipinski definition) is 0. The van der Waals surface area contributed by atoms with Crippen LogP contribution in [0.1, 0.15) is 48.1 Å². The summed E-state index contributed by atoms with van der Waals surface area (Å²) in [5, 5.41) is 5.70. The Morgan fingerprint density at radius 1 is 0.778 bits per heavy atom. The van der Waals surface area contributed by atoms with Crippen LogP contribution in [-0.2, 0) is 37.1 Å². The molecular weight excluding hydrogens is 512 g/mol. The molecule has 0 saturated heterocycles. The van der Waals surface area contributed by atoms with Gasteiger partial charge in [-0.25, -0.2) is 0 Å². The summed E-state index contributed by atoms with van der Waals surface area (Å²) in [6.07, 6.45) is 9.99. The van der Waals surface area contributed by atoms with Crippen LogP contribution in [0.4, 0.5) is 0 Å². The molecule has 36 heavy (non-hydrogen) atoms. The number of benzene rings is 4. The predicted octanol–water partition coefficient (Wildman–Crippen LogP) is 8.98. The van der Waals surface area contributed by atoms with Crippen molar-refractivity contribution in [3.63, 3.8) is 0 Å². The van der Waals surface area contributed by atoms with Crippen LogP contribution in [0, 0.1) is 0 Å². The molecule has 0 spiro atoms. The van der Waals surface area contributed by atoms with Gasteiger partial charge in [0, 0.05) is 0 Å². The van der Waals surface area contributed by atoms with E-state index in [2.05, 4.69) is 129 Å². The van der Waals surface area contributed by atoms with Gasteiger partial charge in [0.2, 0.25) is 0 Å². The minimum atomic E-state index is 1.06. The summed E-state index contributed by atoms with van der Waals surface area (Å²) in [5.41, 5.74) is 8.60. The molecule has 0 heterocycles. The summed E-state index contributed by atoms with van der Waals surface area (Å²) < 4.78 is 1.42. The topological polar surface area (TPSA) is 0 Å². The molecule has 0 amide bonds. The molecular formula is C35H31Zr-. The van der Waals surface area contributed by atoms with E-state index in [0.29, 0.717) is 0 Å². The first kappa shape index (κ1) is 24.7. The average molecular weight is 543 g/mol. The van der Waals surface area contributed by atoms with E-state index in [1.54, 1.807) is 0 Å². The summed E-state index contributed by atoms with van der Waals surface area (Å²) in [7, 11) is 0. The quantitative estimate of drug-likeness (QED) is 0.194. The molecule has 0 nitrogen and oxygen atoms in total. The number of aryl methyl sites for hydroxylation is 2. The van der Waals surface area contributed by atoms with Gasteiger partial charge < -0.3 is 0 Å². The average Bonchev–Trinajstić information content (AvgIpc) is 3.61. The first-order valence-electron chi connectivity index (χ1n) is 12.9. The maximum atomic E-state index is 2.45. The third-order valence-electron chi connectivity index (χ3n) is 7.04. The predicted molar refractivity (Wildman–Crippen MR) is 154 cm³/mol. The SMILES string of the molecule is CCc1cc(CC)c2c([cH-]c3ccccc32)c1C1=CC=CC1.[Zr]=[C](c1ccccc1)c1ccccc1.